The van der Waals surface area contributed by atoms with Crippen LogP contribution in [0.3, 0.4) is 0 Å². The summed E-state index contributed by atoms with van der Waals surface area (Å²) < 4.78 is 5.58. The van der Waals surface area contributed by atoms with Gasteiger partial charge < -0.3 is 9.64 Å². The highest BCUT2D eigenvalue weighted by atomic mass is 16.5. The van der Waals surface area contributed by atoms with Crippen LogP contribution in [-0.2, 0) is 16.0 Å². The van der Waals surface area contributed by atoms with E-state index < -0.39 is 0 Å². The number of carbonyl (C=O) groups is 1. The Kier molecular flexibility index (Phi) is 8.89. The molecule has 0 radical (unpaired) electrons. The Morgan fingerprint density at radius 3 is 2.48 bits per heavy atom. The zero-order chi connectivity index (χ0) is 19.5. The topological polar surface area (TPSA) is 78.3 Å². The van der Waals surface area contributed by atoms with E-state index in [1.807, 2.05) is 18.2 Å². The first-order chi connectivity index (χ1) is 13.2. The molecule has 0 saturated carbocycles. The Labute approximate surface area is 161 Å². The van der Waals surface area contributed by atoms with Gasteiger partial charge >= 0.3 is 0 Å². The highest BCUT2D eigenvalue weighted by Gasteiger charge is 2.32. The monoisotopic (exact) mass is 370 g/mol. The summed E-state index contributed by atoms with van der Waals surface area (Å²) in [4.78, 5) is 17.9. The summed E-state index contributed by atoms with van der Waals surface area (Å²) in [7, 11) is 0. The third-order valence-electron chi connectivity index (χ3n) is 4.90. The van der Waals surface area contributed by atoms with Crippen LogP contribution in [0.1, 0.15) is 57.9 Å². The van der Waals surface area contributed by atoms with E-state index in [9.17, 15) is 4.79 Å². The maximum absolute atomic E-state index is 13.2. The van der Waals surface area contributed by atoms with Gasteiger partial charge in [-0.3, -0.25) is 4.79 Å². The maximum Gasteiger partial charge on any atom is 0.258 e. The Bertz CT molecular complexity index is 671. The lowest BCUT2D eigenvalue weighted by atomic mass is 9.99. The molecule has 6 heteroatoms. The summed E-state index contributed by atoms with van der Waals surface area (Å²) in [6, 6.07) is 10.0. The number of benzene rings is 1. The Hall–Kier alpha value is -2.30. The summed E-state index contributed by atoms with van der Waals surface area (Å²) in [6.07, 6.45) is 6.38. The number of hydrogen-bond acceptors (Lipinski definition) is 3. The van der Waals surface area contributed by atoms with Crippen molar-refractivity contribution in [3.05, 3.63) is 57.6 Å². The molecule has 146 valence electrons. The second-order valence-corrected chi connectivity index (χ2v) is 6.97. The van der Waals surface area contributed by atoms with E-state index in [-0.39, 0.29) is 24.4 Å². The number of rotatable bonds is 10. The second-order valence-electron chi connectivity index (χ2n) is 6.97. The first-order valence-electron chi connectivity index (χ1n) is 9.91. The smallest absolute Gasteiger partial charge is 0.258 e. The average molecular weight is 370 g/mol. The summed E-state index contributed by atoms with van der Waals surface area (Å²) >= 11 is 0. The first kappa shape index (κ1) is 21.0. The molecule has 0 aromatic heterocycles. The highest BCUT2D eigenvalue weighted by molar-refractivity contribution is 5.94. The SMILES string of the molecule is CCCCC(CCCC)=C(N=[N+]=[N-])C(=O)N1COC[C@H]1Cc1ccccc1. The number of amides is 1. The van der Waals surface area contributed by atoms with Gasteiger partial charge in [-0.2, -0.15) is 0 Å². The van der Waals surface area contributed by atoms with E-state index in [2.05, 4.69) is 36.0 Å². The molecule has 1 aliphatic heterocycles. The van der Waals surface area contributed by atoms with E-state index in [4.69, 9.17) is 10.3 Å². The predicted octanol–water partition coefficient (Wildman–Crippen LogP) is 5.36. The van der Waals surface area contributed by atoms with Gasteiger partial charge in [0.25, 0.3) is 5.91 Å². The van der Waals surface area contributed by atoms with Crippen molar-refractivity contribution in [2.45, 2.75) is 64.8 Å². The summed E-state index contributed by atoms with van der Waals surface area (Å²) in [5.74, 6) is -0.201. The zero-order valence-corrected chi connectivity index (χ0v) is 16.4. The number of azide groups is 1. The highest BCUT2D eigenvalue weighted by Crippen LogP contribution is 2.25. The molecule has 1 fully saturated rings. The van der Waals surface area contributed by atoms with Crippen LogP contribution < -0.4 is 0 Å². The molecule has 0 bridgehead atoms. The molecule has 27 heavy (non-hydrogen) atoms. The lowest BCUT2D eigenvalue weighted by Gasteiger charge is -2.24. The average Bonchev–Trinajstić information content (AvgIpc) is 3.15. The van der Waals surface area contributed by atoms with Crippen molar-refractivity contribution in [3.63, 3.8) is 0 Å². The summed E-state index contributed by atoms with van der Waals surface area (Å²) in [6.45, 7) is 4.99. The van der Waals surface area contributed by atoms with Crippen LogP contribution in [0.25, 0.3) is 10.4 Å². The Morgan fingerprint density at radius 2 is 1.89 bits per heavy atom. The van der Waals surface area contributed by atoms with E-state index >= 15 is 0 Å². The van der Waals surface area contributed by atoms with Crippen molar-refractivity contribution in [1.29, 1.82) is 0 Å². The first-order valence-corrected chi connectivity index (χ1v) is 9.91. The lowest BCUT2D eigenvalue weighted by Crippen LogP contribution is -2.39. The van der Waals surface area contributed by atoms with Crippen LogP contribution in [0.15, 0.2) is 46.7 Å². The Morgan fingerprint density at radius 1 is 1.22 bits per heavy atom. The van der Waals surface area contributed by atoms with Crippen LogP contribution in [0, 0.1) is 0 Å². The Balaban J connectivity index is 2.24. The van der Waals surface area contributed by atoms with Gasteiger partial charge in [-0.1, -0.05) is 67.7 Å². The molecule has 1 heterocycles. The van der Waals surface area contributed by atoms with Gasteiger partial charge in [-0.05, 0) is 43.2 Å². The molecule has 0 spiro atoms. The fourth-order valence-corrected chi connectivity index (χ4v) is 3.35. The van der Waals surface area contributed by atoms with E-state index in [0.29, 0.717) is 6.61 Å². The molecule has 1 aromatic rings. The van der Waals surface area contributed by atoms with Crippen molar-refractivity contribution in [2.75, 3.05) is 13.3 Å². The number of carbonyl (C=O) groups excluding carboxylic acids is 1. The van der Waals surface area contributed by atoms with Gasteiger partial charge in [0.15, 0.2) is 0 Å². The number of allylic oxidation sites excluding steroid dienone is 1. The lowest BCUT2D eigenvalue weighted by molar-refractivity contribution is -0.129. The molecule has 1 amide bonds. The third-order valence-corrected chi connectivity index (χ3v) is 4.90. The molecular weight excluding hydrogens is 340 g/mol. The molecule has 6 nitrogen and oxygen atoms in total. The van der Waals surface area contributed by atoms with Crippen LogP contribution >= 0.6 is 0 Å². The number of nitrogens with zero attached hydrogens (tertiary/aromatic N) is 4. The van der Waals surface area contributed by atoms with Gasteiger partial charge in [0.2, 0.25) is 0 Å². The number of ether oxygens (including phenoxy) is 1. The molecule has 0 unspecified atom stereocenters. The summed E-state index contributed by atoms with van der Waals surface area (Å²) in [5.41, 5.74) is 11.5. The number of hydrogen-bond donors (Lipinski definition) is 0. The maximum atomic E-state index is 13.2. The van der Waals surface area contributed by atoms with Crippen molar-refractivity contribution in [3.8, 4) is 0 Å². The van der Waals surface area contributed by atoms with E-state index in [1.165, 1.54) is 0 Å². The van der Waals surface area contributed by atoms with Gasteiger partial charge in [0, 0.05) is 4.91 Å². The number of unbranched alkanes of at least 4 members (excludes halogenated alkanes) is 2. The minimum absolute atomic E-state index is 0.0395. The molecular formula is C21H30N4O2. The third kappa shape index (κ3) is 6.12. The molecule has 0 aliphatic carbocycles. The minimum atomic E-state index is -0.201. The van der Waals surface area contributed by atoms with Crippen molar-refractivity contribution in [2.24, 2.45) is 5.11 Å². The zero-order valence-electron chi connectivity index (χ0n) is 16.4. The van der Waals surface area contributed by atoms with Crippen molar-refractivity contribution in [1.82, 2.24) is 4.90 Å². The molecule has 0 N–H and O–H groups in total. The van der Waals surface area contributed by atoms with Crippen molar-refractivity contribution >= 4 is 5.91 Å². The van der Waals surface area contributed by atoms with Gasteiger partial charge in [-0.15, -0.1) is 0 Å². The predicted molar refractivity (Wildman–Crippen MR) is 107 cm³/mol. The fourth-order valence-electron chi connectivity index (χ4n) is 3.35. The van der Waals surface area contributed by atoms with Crippen LogP contribution in [0.2, 0.25) is 0 Å². The quantitative estimate of drug-likeness (QED) is 0.240. The van der Waals surface area contributed by atoms with Crippen LogP contribution in [0.4, 0.5) is 0 Å². The normalized spacial score (nSPS) is 16.1. The second kappa shape index (κ2) is 11.4. The molecule has 1 saturated heterocycles. The van der Waals surface area contributed by atoms with Gasteiger partial charge in [0.1, 0.15) is 12.4 Å². The van der Waals surface area contributed by atoms with E-state index in [1.54, 1.807) is 4.90 Å². The van der Waals surface area contributed by atoms with Gasteiger partial charge in [0.05, 0.1) is 12.6 Å². The molecule has 1 aliphatic rings. The van der Waals surface area contributed by atoms with Crippen LogP contribution in [-0.4, -0.2) is 30.2 Å². The van der Waals surface area contributed by atoms with Crippen LogP contribution in [0.5, 0.6) is 0 Å². The largest absolute Gasteiger partial charge is 0.359 e. The fraction of sp³-hybridized carbons (Fsp3) is 0.571. The summed E-state index contributed by atoms with van der Waals surface area (Å²) in [5, 5.41) is 3.83. The van der Waals surface area contributed by atoms with Gasteiger partial charge in [-0.25, -0.2) is 0 Å². The molecule has 2 rings (SSSR count). The van der Waals surface area contributed by atoms with E-state index in [0.717, 1.165) is 56.1 Å². The molecule has 1 aromatic carbocycles. The standard InChI is InChI=1S/C21H30N4O2/c1-3-5-12-18(13-6-4-2)20(23-24-22)21(26)25-16-27-15-19(25)14-17-10-8-7-9-11-17/h7-11,19H,3-6,12-16H2,1-2H3/t19-/m1/s1. The van der Waals surface area contributed by atoms with Crippen molar-refractivity contribution < 1.29 is 9.53 Å². The molecule has 1 atom stereocenters. The minimum Gasteiger partial charge on any atom is -0.359 e.